The first-order chi connectivity index (χ1) is 8.14. The molecule has 19 heavy (non-hydrogen) atoms. The summed E-state index contributed by atoms with van der Waals surface area (Å²) in [5.74, 6) is -2.62. The Hall–Kier alpha value is -0.738. The quantitative estimate of drug-likeness (QED) is 0.285. The van der Waals surface area contributed by atoms with Gasteiger partial charge in [-0.05, 0) is 41.5 Å². The van der Waals surface area contributed by atoms with Gasteiger partial charge < -0.3 is 4.74 Å². The van der Waals surface area contributed by atoms with Gasteiger partial charge in [0, 0.05) is 0 Å². The highest BCUT2D eigenvalue weighted by Crippen LogP contribution is 2.20. The van der Waals surface area contributed by atoms with E-state index in [4.69, 9.17) is 4.74 Å². The highest BCUT2D eigenvalue weighted by atomic mass is 27.0. The SMILES string of the molecule is CC(=O)C(OC(C)C)(C(C)=O)C(=O)OOC(C)C.[AlH3]. The Kier molecular flexibility index (Phi) is 9.14. The minimum Gasteiger partial charge on any atom is -0.347 e. The van der Waals surface area contributed by atoms with E-state index in [0.29, 0.717) is 0 Å². The second-order valence-corrected chi connectivity index (χ2v) is 4.48. The van der Waals surface area contributed by atoms with Gasteiger partial charge in [0.1, 0.15) is 0 Å². The Morgan fingerprint density at radius 3 is 1.58 bits per heavy atom. The molecule has 0 saturated carbocycles. The molecule has 0 aliphatic rings. The summed E-state index contributed by atoms with van der Waals surface area (Å²) in [4.78, 5) is 44.3. The van der Waals surface area contributed by atoms with Crippen LogP contribution in [0.15, 0.2) is 0 Å². The molecule has 110 valence electrons. The van der Waals surface area contributed by atoms with Gasteiger partial charge in [0.2, 0.25) is 0 Å². The third-order valence-corrected chi connectivity index (χ3v) is 2.01. The summed E-state index contributed by atoms with van der Waals surface area (Å²) in [6.07, 6.45) is -0.881. The van der Waals surface area contributed by atoms with E-state index in [0.717, 1.165) is 13.8 Å². The number of ketones is 2. The molecule has 0 radical (unpaired) electrons. The molecule has 7 heteroatoms. The van der Waals surface area contributed by atoms with Crippen molar-refractivity contribution in [2.75, 3.05) is 0 Å². The zero-order chi connectivity index (χ0) is 14.5. The van der Waals surface area contributed by atoms with Crippen LogP contribution >= 0.6 is 0 Å². The van der Waals surface area contributed by atoms with E-state index in [1.165, 1.54) is 0 Å². The number of Topliss-reactive ketones (excluding diaryl/α,β-unsaturated/α-hetero) is 2. The molecule has 0 aromatic heterocycles. The zero-order valence-electron chi connectivity index (χ0n) is 11.6. The monoisotopic (exact) mass is 290 g/mol. The highest BCUT2D eigenvalue weighted by Gasteiger charge is 2.52. The van der Waals surface area contributed by atoms with Gasteiger partial charge in [-0.25, -0.2) is 4.79 Å². The minimum absolute atomic E-state index is 0. The fraction of sp³-hybridized carbons (Fsp3) is 0.750. The van der Waals surface area contributed by atoms with E-state index in [2.05, 4.69) is 9.78 Å². The van der Waals surface area contributed by atoms with E-state index < -0.39 is 29.2 Å². The number of ether oxygens (including phenoxy) is 1. The van der Waals surface area contributed by atoms with E-state index in [-0.39, 0.29) is 23.5 Å². The Bertz CT molecular complexity index is 323. The van der Waals surface area contributed by atoms with Crippen molar-refractivity contribution in [3.05, 3.63) is 0 Å². The van der Waals surface area contributed by atoms with Crippen molar-refractivity contribution in [2.45, 2.75) is 59.4 Å². The largest absolute Gasteiger partial charge is 0.389 e. The lowest BCUT2D eigenvalue weighted by Crippen LogP contribution is -2.56. The molecule has 0 heterocycles. The fourth-order valence-electron chi connectivity index (χ4n) is 1.30. The molecule has 0 bridgehead atoms. The molecule has 0 unspecified atom stereocenters. The second kappa shape index (κ2) is 8.44. The van der Waals surface area contributed by atoms with Crippen molar-refractivity contribution in [1.82, 2.24) is 0 Å². The van der Waals surface area contributed by atoms with E-state index in [1.807, 2.05) is 0 Å². The lowest BCUT2D eigenvalue weighted by molar-refractivity contribution is -0.301. The van der Waals surface area contributed by atoms with Crippen LogP contribution in [0, 0.1) is 0 Å². The molecule has 0 rings (SSSR count). The summed E-state index contributed by atoms with van der Waals surface area (Å²) in [7, 11) is 0. The van der Waals surface area contributed by atoms with Gasteiger partial charge >= 0.3 is 5.97 Å². The predicted octanol–water partition coefficient (Wildman–Crippen LogP) is 0.0275. The molecular weight excluding hydrogens is 267 g/mol. The summed E-state index contributed by atoms with van der Waals surface area (Å²) in [5.41, 5.74) is -2.25. The standard InChI is InChI=1S/C12H20O6.Al.3H/c1-7(2)16-12(9(5)13,10(6)14)11(15)18-17-8(3)4;;;;/h7-8H,1-6H3;;;;. The molecular formula is C12H23AlO6. The van der Waals surface area contributed by atoms with Crippen molar-refractivity contribution < 1.29 is 28.9 Å². The number of hydrogen-bond donors (Lipinski definition) is 0. The average molecular weight is 290 g/mol. The first kappa shape index (κ1) is 20.6. The van der Waals surface area contributed by atoms with Crippen molar-refractivity contribution in [2.24, 2.45) is 0 Å². The van der Waals surface area contributed by atoms with Crippen LogP contribution in [0.25, 0.3) is 0 Å². The first-order valence-electron chi connectivity index (χ1n) is 5.72. The van der Waals surface area contributed by atoms with Gasteiger partial charge in [-0.1, -0.05) is 0 Å². The van der Waals surface area contributed by atoms with E-state index >= 15 is 0 Å². The van der Waals surface area contributed by atoms with Crippen molar-refractivity contribution >= 4 is 34.9 Å². The van der Waals surface area contributed by atoms with Gasteiger partial charge in [-0.15, -0.1) is 0 Å². The minimum atomic E-state index is -2.25. The Morgan fingerprint density at radius 2 is 1.32 bits per heavy atom. The molecule has 0 atom stereocenters. The van der Waals surface area contributed by atoms with Crippen LogP contribution in [0.1, 0.15) is 41.5 Å². The van der Waals surface area contributed by atoms with Crippen LogP contribution < -0.4 is 0 Å². The first-order valence-corrected chi connectivity index (χ1v) is 5.72. The van der Waals surface area contributed by atoms with Crippen LogP contribution in [0.3, 0.4) is 0 Å². The van der Waals surface area contributed by atoms with Crippen molar-refractivity contribution in [1.29, 1.82) is 0 Å². The maximum absolute atomic E-state index is 11.9. The number of hydrogen-bond acceptors (Lipinski definition) is 6. The van der Waals surface area contributed by atoms with E-state index in [9.17, 15) is 14.4 Å². The van der Waals surface area contributed by atoms with Gasteiger partial charge in [-0.2, -0.15) is 4.89 Å². The smallest absolute Gasteiger partial charge is 0.347 e. The lowest BCUT2D eigenvalue weighted by atomic mass is 9.94. The topological polar surface area (TPSA) is 78.9 Å². The van der Waals surface area contributed by atoms with Crippen molar-refractivity contribution in [3.8, 4) is 0 Å². The normalized spacial score (nSPS) is 11.2. The maximum atomic E-state index is 11.9. The molecule has 0 aromatic rings. The molecule has 0 spiro atoms. The predicted molar refractivity (Wildman–Crippen MR) is 72.6 cm³/mol. The Balaban J connectivity index is 0. The zero-order valence-corrected chi connectivity index (χ0v) is 11.6. The maximum Gasteiger partial charge on any atom is 0.389 e. The van der Waals surface area contributed by atoms with Crippen LogP contribution in [0.5, 0.6) is 0 Å². The molecule has 0 saturated heterocycles. The molecule has 0 amide bonds. The van der Waals surface area contributed by atoms with Gasteiger partial charge in [0.05, 0.1) is 12.2 Å². The molecule has 6 nitrogen and oxygen atoms in total. The van der Waals surface area contributed by atoms with Gasteiger partial charge in [-0.3, -0.25) is 14.5 Å². The number of rotatable bonds is 7. The van der Waals surface area contributed by atoms with Crippen LogP contribution in [0.4, 0.5) is 0 Å². The Labute approximate surface area is 123 Å². The van der Waals surface area contributed by atoms with Gasteiger partial charge in [0.25, 0.3) is 5.60 Å². The highest BCUT2D eigenvalue weighted by molar-refractivity contribution is 6.25. The second-order valence-electron chi connectivity index (χ2n) is 4.48. The van der Waals surface area contributed by atoms with Crippen LogP contribution in [0.2, 0.25) is 0 Å². The molecule has 0 N–H and O–H groups in total. The van der Waals surface area contributed by atoms with E-state index in [1.54, 1.807) is 27.7 Å². The van der Waals surface area contributed by atoms with Crippen LogP contribution in [-0.2, 0) is 28.9 Å². The third kappa shape index (κ3) is 5.41. The number of carbonyl (C=O) groups excluding carboxylic acids is 3. The number of carbonyl (C=O) groups is 3. The molecule has 0 aliphatic carbocycles. The fourth-order valence-corrected chi connectivity index (χ4v) is 1.30. The third-order valence-electron chi connectivity index (χ3n) is 2.01. The molecule has 0 aromatic carbocycles. The summed E-state index contributed by atoms with van der Waals surface area (Å²) in [5, 5.41) is 0. The Morgan fingerprint density at radius 1 is 0.895 bits per heavy atom. The summed E-state index contributed by atoms with van der Waals surface area (Å²) in [6, 6.07) is 0. The molecule has 0 aliphatic heterocycles. The van der Waals surface area contributed by atoms with Gasteiger partial charge in [0.15, 0.2) is 28.9 Å². The molecule has 0 fully saturated rings. The van der Waals surface area contributed by atoms with Crippen LogP contribution in [-0.4, -0.2) is 52.7 Å². The summed E-state index contributed by atoms with van der Waals surface area (Å²) < 4.78 is 5.20. The summed E-state index contributed by atoms with van der Waals surface area (Å²) in [6.45, 7) is 8.69. The lowest BCUT2D eigenvalue weighted by Gasteiger charge is -2.27. The summed E-state index contributed by atoms with van der Waals surface area (Å²) >= 11 is 0. The van der Waals surface area contributed by atoms with Crippen molar-refractivity contribution in [3.63, 3.8) is 0 Å². The average Bonchev–Trinajstić information content (AvgIpc) is 2.20.